The number of aliphatic hydroxyl groups excluding tert-OH is 1. The molecule has 0 aliphatic heterocycles. The van der Waals surface area contributed by atoms with Crippen LogP contribution in [-0.4, -0.2) is 41.1 Å². The molecule has 0 saturated carbocycles. The van der Waals surface area contributed by atoms with Crippen LogP contribution in [0.4, 0.5) is 0 Å². The first-order valence-corrected chi connectivity index (χ1v) is 8.05. The number of sulfone groups is 1. The topological polar surface area (TPSA) is 98.5 Å². The molecule has 1 unspecified atom stereocenters. The highest BCUT2D eigenvalue weighted by atomic mass is 32.2. The van der Waals surface area contributed by atoms with Gasteiger partial charge in [0.25, 0.3) is 0 Å². The number of esters is 1. The molecule has 0 amide bonds. The van der Waals surface area contributed by atoms with E-state index in [1.54, 1.807) is 20.8 Å². The molecular weight excluding hydrogens is 284 g/mol. The molecule has 7 nitrogen and oxygen atoms in total. The van der Waals surface area contributed by atoms with Crippen LogP contribution in [0.2, 0.25) is 0 Å². The fraction of sp³-hybridized carbons (Fsp3) is 0.667. The van der Waals surface area contributed by atoms with Gasteiger partial charge >= 0.3 is 5.97 Å². The van der Waals surface area contributed by atoms with E-state index in [0.717, 1.165) is 6.26 Å². The average molecular weight is 304 g/mol. The summed E-state index contributed by atoms with van der Waals surface area (Å²) in [6, 6.07) is 0. The third-order valence-electron chi connectivity index (χ3n) is 2.31. The van der Waals surface area contributed by atoms with Crippen LogP contribution in [0.5, 0.6) is 0 Å². The normalized spacial score (nSPS) is 14.1. The largest absolute Gasteiger partial charge is 0.460 e. The summed E-state index contributed by atoms with van der Waals surface area (Å²) in [5.74, 6) is -0.363. The van der Waals surface area contributed by atoms with Crippen molar-refractivity contribution in [2.75, 3.05) is 6.26 Å². The average Bonchev–Trinajstić information content (AvgIpc) is 2.70. The smallest absolute Gasteiger partial charge is 0.308 e. The minimum atomic E-state index is -3.59. The Bertz CT molecular complexity index is 571. The number of hydrogen-bond acceptors (Lipinski definition) is 6. The van der Waals surface area contributed by atoms with Gasteiger partial charge in [0.05, 0.1) is 19.2 Å². The molecule has 1 rings (SSSR count). The van der Waals surface area contributed by atoms with Gasteiger partial charge in [0.2, 0.25) is 0 Å². The lowest BCUT2D eigenvalue weighted by molar-refractivity contribution is -0.155. The van der Waals surface area contributed by atoms with E-state index >= 15 is 0 Å². The quantitative estimate of drug-likeness (QED) is 0.802. The fourth-order valence-corrected chi connectivity index (χ4v) is 2.09. The summed E-state index contributed by atoms with van der Waals surface area (Å²) in [7, 11) is -3.59. The Balaban J connectivity index is 2.60. The molecule has 0 spiro atoms. The standard InChI is InChI=1S/C12H20N2O5S/c1-12(2,3)19-10(15)5-6-14-8-9(7-13-14)11(16)20(4,17)18/h7-8,11,16H,5-6H2,1-4H3. The van der Waals surface area contributed by atoms with Gasteiger partial charge in [0.15, 0.2) is 15.3 Å². The number of nitrogens with zero attached hydrogens (tertiary/aromatic N) is 2. The number of carbonyl (C=O) groups excluding carboxylic acids is 1. The molecule has 0 bridgehead atoms. The van der Waals surface area contributed by atoms with Crippen LogP contribution >= 0.6 is 0 Å². The van der Waals surface area contributed by atoms with E-state index in [0.29, 0.717) is 0 Å². The lowest BCUT2D eigenvalue weighted by Crippen LogP contribution is -2.24. The van der Waals surface area contributed by atoms with Crippen LogP contribution in [0.15, 0.2) is 12.4 Å². The van der Waals surface area contributed by atoms with Gasteiger partial charge in [0, 0.05) is 18.0 Å². The van der Waals surface area contributed by atoms with Gasteiger partial charge in [-0.3, -0.25) is 9.48 Å². The van der Waals surface area contributed by atoms with Crippen LogP contribution in [0, 0.1) is 0 Å². The van der Waals surface area contributed by atoms with Crippen molar-refractivity contribution in [3.63, 3.8) is 0 Å². The molecule has 1 atom stereocenters. The summed E-state index contributed by atoms with van der Waals surface area (Å²) in [6.45, 7) is 5.59. The van der Waals surface area contributed by atoms with Crippen molar-refractivity contribution in [3.05, 3.63) is 18.0 Å². The maximum Gasteiger partial charge on any atom is 0.308 e. The van der Waals surface area contributed by atoms with E-state index in [1.165, 1.54) is 17.1 Å². The van der Waals surface area contributed by atoms with Gasteiger partial charge in [-0.2, -0.15) is 5.10 Å². The molecule has 8 heteroatoms. The summed E-state index contributed by atoms with van der Waals surface area (Å²) in [6.07, 6.45) is 3.72. The zero-order valence-electron chi connectivity index (χ0n) is 12.0. The van der Waals surface area contributed by atoms with Crippen molar-refractivity contribution < 1.29 is 23.1 Å². The predicted molar refractivity (Wildman–Crippen MR) is 72.5 cm³/mol. The molecule has 0 saturated heterocycles. The Morgan fingerprint density at radius 1 is 1.50 bits per heavy atom. The summed E-state index contributed by atoms with van der Waals surface area (Å²) in [5, 5.41) is 13.5. The third-order valence-corrected chi connectivity index (χ3v) is 3.39. The summed E-state index contributed by atoms with van der Waals surface area (Å²) in [4.78, 5) is 11.5. The molecule has 1 N–H and O–H groups in total. The molecule has 1 heterocycles. The predicted octanol–water partition coefficient (Wildman–Crippen LogP) is 0.650. The zero-order chi connectivity index (χ0) is 15.6. The summed E-state index contributed by atoms with van der Waals surface area (Å²) in [5.41, 5.74) is -1.96. The van der Waals surface area contributed by atoms with Crippen LogP contribution in [-0.2, 0) is 25.9 Å². The number of rotatable bonds is 5. The first-order chi connectivity index (χ1) is 8.99. The van der Waals surface area contributed by atoms with Crippen LogP contribution in [0.1, 0.15) is 38.2 Å². The third kappa shape index (κ3) is 5.30. The Labute approximate surface area is 118 Å². The monoisotopic (exact) mass is 304 g/mol. The van der Waals surface area contributed by atoms with Gasteiger partial charge in [-0.25, -0.2) is 8.42 Å². The van der Waals surface area contributed by atoms with Crippen molar-refractivity contribution in [2.45, 2.75) is 44.8 Å². The fourth-order valence-electron chi connectivity index (χ4n) is 1.47. The van der Waals surface area contributed by atoms with Gasteiger partial charge in [-0.1, -0.05) is 0 Å². The van der Waals surface area contributed by atoms with Gasteiger partial charge in [-0.05, 0) is 20.8 Å². The second-order valence-electron chi connectivity index (χ2n) is 5.56. The first kappa shape index (κ1) is 16.6. The van der Waals surface area contributed by atoms with Gasteiger partial charge in [-0.15, -0.1) is 0 Å². The summed E-state index contributed by atoms with van der Waals surface area (Å²) >= 11 is 0. The van der Waals surface area contributed by atoms with E-state index in [2.05, 4.69) is 5.10 Å². The lowest BCUT2D eigenvalue weighted by atomic mass is 10.2. The minimum Gasteiger partial charge on any atom is -0.460 e. The van der Waals surface area contributed by atoms with Gasteiger partial charge < -0.3 is 9.84 Å². The maximum absolute atomic E-state index is 11.5. The lowest BCUT2D eigenvalue weighted by Gasteiger charge is -2.19. The van der Waals surface area contributed by atoms with Gasteiger partial charge in [0.1, 0.15) is 5.60 Å². The van der Waals surface area contributed by atoms with E-state index in [1.807, 2.05) is 0 Å². The van der Waals surface area contributed by atoms with E-state index in [-0.39, 0.29) is 24.5 Å². The second-order valence-corrected chi connectivity index (χ2v) is 7.66. The van der Waals surface area contributed by atoms with Crippen molar-refractivity contribution >= 4 is 15.8 Å². The Kier molecular flexibility index (Phi) is 4.93. The van der Waals surface area contributed by atoms with Crippen LogP contribution in [0.25, 0.3) is 0 Å². The molecular formula is C12H20N2O5S. The highest BCUT2D eigenvalue weighted by molar-refractivity contribution is 7.90. The van der Waals surface area contributed by atoms with Crippen molar-refractivity contribution in [1.29, 1.82) is 0 Å². The molecule has 0 radical (unpaired) electrons. The van der Waals surface area contributed by atoms with E-state index < -0.39 is 20.9 Å². The molecule has 114 valence electrons. The molecule has 0 aliphatic rings. The number of aryl methyl sites for hydroxylation is 1. The van der Waals surface area contributed by atoms with Crippen LogP contribution < -0.4 is 0 Å². The number of carbonyl (C=O) groups is 1. The van der Waals surface area contributed by atoms with E-state index in [9.17, 15) is 18.3 Å². The Hall–Kier alpha value is -1.41. The number of aromatic nitrogens is 2. The number of aliphatic hydroxyl groups is 1. The number of ether oxygens (including phenoxy) is 1. The molecule has 0 aliphatic carbocycles. The maximum atomic E-state index is 11.5. The van der Waals surface area contributed by atoms with Crippen LogP contribution in [0.3, 0.4) is 0 Å². The van der Waals surface area contributed by atoms with Crippen molar-refractivity contribution in [1.82, 2.24) is 9.78 Å². The Morgan fingerprint density at radius 3 is 2.60 bits per heavy atom. The second kappa shape index (κ2) is 5.92. The number of hydrogen-bond donors (Lipinski definition) is 1. The zero-order valence-corrected chi connectivity index (χ0v) is 12.8. The molecule has 1 aromatic heterocycles. The van der Waals surface area contributed by atoms with E-state index in [4.69, 9.17) is 4.74 Å². The molecule has 0 fully saturated rings. The molecule has 20 heavy (non-hydrogen) atoms. The Morgan fingerprint density at radius 2 is 2.10 bits per heavy atom. The van der Waals surface area contributed by atoms with Crippen molar-refractivity contribution in [3.8, 4) is 0 Å². The highest BCUT2D eigenvalue weighted by Gasteiger charge is 2.21. The molecule has 0 aromatic carbocycles. The van der Waals surface area contributed by atoms with Crippen molar-refractivity contribution in [2.24, 2.45) is 0 Å². The highest BCUT2D eigenvalue weighted by Crippen LogP contribution is 2.17. The molecule has 1 aromatic rings. The first-order valence-electron chi connectivity index (χ1n) is 6.10. The minimum absolute atomic E-state index is 0.118. The summed E-state index contributed by atoms with van der Waals surface area (Å²) < 4.78 is 28.9. The SMILES string of the molecule is CC(C)(C)OC(=O)CCn1cc(C(O)S(C)(=O)=O)cn1.